The van der Waals surface area contributed by atoms with Crippen molar-refractivity contribution in [3.05, 3.63) is 23.8 Å². The normalized spacial score (nSPS) is 28.0. The van der Waals surface area contributed by atoms with Gasteiger partial charge in [0.15, 0.2) is 0 Å². The highest BCUT2D eigenvalue weighted by Gasteiger charge is 2.49. The second-order valence-electron chi connectivity index (χ2n) is 5.43. The number of carbonyl (C=O) groups is 1. The van der Waals surface area contributed by atoms with Crippen LogP contribution >= 0.6 is 0 Å². The van der Waals surface area contributed by atoms with Gasteiger partial charge in [-0.1, -0.05) is 0 Å². The highest BCUT2D eigenvalue weighted by Crippen LogP contribution is 2.40. The van der Waals surface area contributed by atoms with Gasteiger partial charge in [0.05, 0.1) is 6.20 Å². The van der Waals surface area contributed by atoms with Gasteiger partial charge in [-0.3, -0.25) is 9.48 Å². The number of rotatable bonds is 2. The average molecular weight is 291 g/mol. The van der Waals surface area contributed by atoms with Crippen LogP contribution in [0, 0.1) is 12.8 Å². The standard InChI is InChI=1S/C12H17N7O2/c1-6-7(4-15-18(6)3)9-8(10(13)20)12(2,21)17-11-14-5-16-19(9)11/h4-5,8-9,21H,1-3H3,(H2,13,20)(H,14,16,17)/t8-,9+,12-/m0/s1. The van der Waals surface area contributed by atoms with Crippen LogP contribution in [0.2, 0.25) is 0 Å². The lowest BCUT2D eigenvalue weighted by Gasteiger charge is -2.41. The molecule has 2 aromatic heterocycles. The number of hydrogen-bond acceptors (Lipinski definition) is 6. The van der Waals surface area contributed by atoms with Crippen LogP contribution in [0.15, 0.2) is 12.5 Å². The van der Waals surface area contributed by atoms with Crippen LogP contribution < -0.4 is 11.1 Å². The van der Waals surface area contributed by atoms with Crippen molar-refractivity contribution < 1.29 is 9.90 Å². The van der Waals surface area contributed by atoms with E-state index in [0.29, 0.717) is 5.95 Å². The van der Waals surface area contributed by atoms with E-state index >= 15 is 0 Å². The van der Waals surface area contributed by atoms with Crippen LogP contribution in [-0.4, -0.2) is 41.3 Å². The molecule has 0 radical (unpaired) electrons. The molecule has 0 aliphatic carbocycles. The number of aliphatic hydroxyl groups is 1. The Hall–Kier alpha value is -2.42. The largest absolute Gasteiger partial charge is 0.370 e. The summed E-state index contributed by atoms with van der Waals surface area (Å²) in [5, 5.41) is 21.7. The van der Waals surface area contributed by atoms with Crippen molar-refractivity contribution in [2.45, 2.75) is 25.6 Å². The number of nitrogens with one attached hydrogen (secondary N) is 1. The molecule has 2 aromatic rings. The van der Waals surface area contributed by atoms with Crippen LogP contribution in [0.5, 0.6) is 0 Å². The molecule has 0 unspecified atom stereocenters. The number of anilines is 1. The molecule has 1 amide bonds. The molecule has 0 bridgehead atoms. The third kappa shape index (κ3) is 1.88. The summed E-state index contributed by atoms with van der Waals surface area (Å²) in [6, 6.07) is -0.565. The number of primary amides is 1. The monoisotopic (exact) mass is 291 g/mol. The third-order valence-electron chi connectivity index (χ3n) is 4.02. The van der Waals surface area contributed by atoms with Gasteiger partial charge in [0.2, 0.25) is 11.9 Å². The first-order chi connectivity index (χ1) is 9.83. The van der Waals surface area contributed by atoms with E-state index in [0.717, 1.165) is 11.3 Å². The van der Waals surface area contributed by atoms with E-state index < -0.39 is 23.6 Å². The predicted molar refractivity (Wildman–Crippen MR) is 73.0 cm³/mol. The Labute approximate surface area is 120 Å². The molecule has 0 saturated heterocycles. The lowest BCUT2D eigenvalue weighted by atomic mass is 9.83. The van der Waals surface area contributed by atoms with Gasteiger partial charge in [0.1, 0.15) is 24.0 Å². The smallest absolute Gasteiger partial charge is 0.227 e. The summed E-state index contributed by atoms with van der Waals surface area (Å²) in [5.41, 5.74) is 5.64. The molecule has 9 nitrogen and oxygen atoms in total. The predicted octanol–water partition coefficient (Wildman–Crippen LogP) is -0.855. The van der Waals surface area contributed by atoms with Gasteiger partial charge in [-0.15, -0.1) is 0 Å². The number of carbonyl (C=O) groups excluding carboxylic acids is 1. The zero-order valence-corrected chi connectivity index (χ0v) is 12.0. The molecule has 0 saturated carbocycles. The fraction of sp³-hybridized carbons (Fsp3) is 0.500. The Morgan fingerprint density at radius 3 is 2.81 bits per heavy atom. The Morgan fingerprint density at radius 2 is 2.24 bits per heavy atom. The molecule has 112 valence electrons. The van der Waals surface area contributed by atoms with Gasteiger partial charge < -0.3 is 16.2 Å². The number of nitrogens with two attached hydrogens (primary N) is 1. The molecule has 4 N–H and O–H groups in total. The Balaban J connectivity index is 2.23. The van der Waals surface area contributed by atoms with E-state index in [4.69, 9.17) is 5.73 Å². The zero-order valence-electron chi connectivity index (χ0n) is 12.0. The molecule has 3 atom stereocenters. The lowest BCUT2D eigenvalue weighted by Crippen LogP contribution is -2.56. The summed E-state index contributed by atoms with van der Waals surface area (Å²) in [6.07, 6.45) is 3.02. The van der Waals surface area contributed by atoms with Crippen LogP contribution in [0.3, 0.4) is 0 Å². The maximum atomic E-state index is 11.9. The van der Waals surface area contributed by atoms with Crippen LogP contribution in [0.25, 0.3) is 0 Å². The first-order valence-corrected chi connectivity index (χ1v) is 6.51. The van der Waals surface area contributed by atoms with Gasteiger partial charge in [0.25, 0.3) is 0 Å². The lowest BCUT2D eigenvalue weighted by molar-refractivity contribution is -0.131. The van der Waals surface area contributed by atoms with Crippen molar-refractivity contribution in [2.24, 2.45) is 18.7 Å². The summed E-state index contributed by atoms with van der Waals surface area (Å²) in [5.74, 6) is -1.15. The second-order valence-corrected chi connectivity index (χ2v) is 5.43. The van der Waals surface area contributed by atoms with E-state index in [1.54, 1.807) is 22.6 Å². The van der Waals surface area contributed by atoms with E-state index in [1.165, 1.54) is 13.3 Å². The topological polar surface area (TPSA) is 124 Å². The molecule has 1 aliphatic heterocycles. The minimum Gasteiger partial charge on any atom is -0.370 e. The summed E-state index contributed by atoms with van der Waals surface area (Å²) in [6.45, 7) is 3.38. The maximum Gasteiger partial charge on any atom is 0.227 e. The highest BCUT2D eigenvalue weighted by molar-refractivity contribution is 5.80. The number of aromatic nitrogens is 5. The molecule has 0 aromatic carbocycles. The molecule has 3 heterocycles. The van der Waals surface area contributed by atoms with Gasteiger partial charge in [-0.05, 0) is 13.8 Å². The molecular weight excluding hydrogens is 274 g/mol. The molecule has 21 heavy (non-hydrogen) atoms. The number of hydrogen-bond donors (Lipinski definition) is 3. The number of aryl methyl sites for hydroxylation is 1. The fourth-order valence-electron chi connectivity index (χ4n) is 2.85. The van der Waals surface area contributed by atoms with Crippen molar-refractivity contribution >= 4 is 11.9 Å². The average Bonchev–Trinajstić information content (AvgIpc) is 2.94. The van der Waals surface area contributed by atoms with Crippen molar-refractivity contribution in [2.75, 3.05) is 5.32 Å². The Bertz CT molecular complexity index is 702. The minimum atomic E-state index is -1.53. The highest BCUT2D eigenvalue weighted by atomic mass is 16.3. The summed E-state index contributed by atoms with van der Waals surface area (Å²) < 4.78 is 3.25. The molecule has 0 spiro atoms. The van der Waals surface area contributed by atoms with Crippen molar-refractivity contribution in [1.29, 1.82) is 0 Å². The van der Waals surface area contributed by atoms with E-state index in [-0.39, 0.29) is 0 Å². The van der Waals surface area contributed by atoms with Crippen LogP contribution in [0.1, 0.15) is 24.2 Å². The van der Waals surface area contributed by atoms with E-state index in [9.17, 15) is 9.90 Å². The Kier molecular flexibility index (Phi) is 2.77. The number of fused-ring (bicyclic) bond motifs is 1. The number of amides is 1. The quantitative estimate of drug-likeness (QED) is 0.661. The fourth-order valence-corrected chi connectivity index (χ4v) is 2.85. The number of nitrogens with zero attached hydrogens (tertiary/aromatic N) is 5. The SMILES string of the molecule is Cc1c([C@@H]2[C@@H](C(N)=O)[C@](C)(O)Nc3ncnn32)cnn1C. The molecule has 3 rings (SSSR count). The molecular formula is C12H17N7O2. The first kappa shape index (κ1) is 13.6. The van der Waals surface area contributed by atoms with E-state index in [1.807, 2.05) is 6.92 Å². The molecule has 9 heteroatoms. The van der Waals surface area contributed by atoms with Crippen molar-refractivity contribution in [3.63, 3.8) is 0 Å². The second kappa shape index (κ2) is 4.29. The summed E-state index contributed by atoms with van der Waals surface area (Å²) in [4.78, 5) is 16.0. The van der Waals surface area contributed by atoms with E-state index in [2.05, 4.69) is 20.5 Å². The maximum absolute atomic E-state index is 11.9. The third-order valence-corrected chi connectivity index (χ3v) is 4.02. The minimum absolute atomic E-state index is 0.380. The van der Waals surface area contributed by atoms with Crippen LogP contribution in [0.4, 0.5) is 5.95 Å². The van der Waals surface area contributed by atoms with Crippen molar-refractivity contribution in [1.82, 2.24) is 24.5 Å². The Morgan fingerprint density at radius 1 is 1.52 bits per heavy atom. The van der Waals surface area contributed by atoms with Gasteiger partial charge >= 0.3 is 0 Å². The molecule has 0 fully saturated rings. The summed E-state index contributed by atoms with van der Waals surface area (Å²) in [7, 11) is 1.81. The van der Waals surface area contributed by atoms with Crippen LogP contribution in [-0.2, 0) is 11.8 Å². The first-order valence-electron chi connectivity index (χ1n) is 6.51. The summed E-state index contributed by atoms with van der Waals surface area (Å²) >= 11 is 0. The van der Waals surface area contributed by atoms with Gasteiger partial charge in [0, 0.05) is 18.3 Å². The molecule has 1 aliphatic rings. The van der Waals surface area contributed by atoms with Gasteiger partial charge in [-0.25, -0.2) is 4.68 Å². The zero-order chi connectivity index (χ0) is 15.4. The van der Waals surface area contributed by atoms with Crippen molar-refractivity contribution in [3.8, 4) is 0 Å². The van der Waals surface area contributed by atoms with Gasteiger partial charge in [-0.2, -0.15) is 15.2 Å².